The Hall–Kier alpha value is -2.19. The molecule has 5 nitrogen and oxygen atoms in total. The maximum absolute atomic E-state index is 12.4. The number of nitrogens with one attached hydrogen (secondary N) is 2. The monoisotopic (exact) mass is 477 g/mol. The van der Waals surface area contributed by atoms with Crippen LogP contribution in [0, 0.1) is 13.8 Å². The number of carbonyl (C=O) groups is 2. The summed E-state index contributed by atoms with van der Waals surface area (Å²) in [6.45, 7) is 3.59. The molecule has 3 aromatic rings. The van der Waals surface area contributed by atoms with Crippen molar-refractivity contribution < 1.29 is 9.59 Å². The fourth-order valence-corrected chi connectivity index (χ4v) is 4.02. The van der Waals surface area contributed by atoms with E-state index in [-0.39, 0.29) is 10.5 Å². The van der Waals surface area contributed by atoms with Gasteiger partial charge in [-0.15, -0.1) is 0 Å². The highest BCUT2D eigenvalue weighted by Gasteiger charge is 2.13. The molecule has 0 aliphatic heterocycles. The van der Waals surface area contributed by atoms with Gasteiger partial charge in [0, 0.05) is 19.8 Å². The van der Waals surface area contributed by atoms with Gasteiger partial charge in [0.05, 0.1) is 22.8 Å². The minimum absolute atomic E-state index is 0.265. The number of thioether (sulfide) groups is 2. The van der Waals surface area contributed by atoms with E-state index in [0.29, 0.717) is 32.8 Å². The molecule has 30 heavy (non-hydrogen) atoms. The molecule has 0 aliphatic rings. The van der Waals surface area contributed by atoms with Crippen LogP contribution >= 0.6 is 46.7 Å². The van der Waals surface area contributed by atoms with Crippen molar-refractivity contribution in [2.24, 2.45) is 0 Å². The van der Waals surface area contributed by atoms with Gasteiger partial charge in [-0.1, -0.05) is 23.2 Å². The van der Waals surface area contributed by atoms with E-state index in [2.05, 4.69) is 15.6 Å². The molecule has 0 atom stereocenters. The number of carbonyl (C=O) groups excluding carboxylic acids is 2. The number of hydrogen-bond donors (Lipinski definition) is 2. The van der Waals surface area contributed by atoms with Crippen LogP contribution in [0.1, 0.15) is 11.4 Å². The Labute approximate surface area is 193 Å². The Bertz CT molecular complexity index is 992. The van der Waals surface area contributed by atoms with Gasteiger partial charge in [0.15, 0.2) is 0 Å². The van der Waals surface area contributed by atoms with Crippen LogP contribution < -0.4 is 10.6 Å². The Morgan fingerprint density at radius 2 is 1.10 bits per heavy atom. The van der Waals surface area contributed by atoms with E-state index in [1.807, 2.05) is 0 Å². The van der Waals surface area contributed by atoms with Gasteiger partial charge in [-0.3, -0.25) is 14.6 Å². The van der Waals surface area contributed by atoms with Gasteiger partial charge in [-0.05, 0) is 92.0 Å². The summed E-state index contributed by atoms with van der Waals surface area (Å²) < 4.78 is 0. The van der Waals surface area contributed by atoms with Gasteiger partial charge in [0.1, 0.15) is 0 Å². The predicted molar refractivity (Wildman–Crippen MR) is 126 cm³/mol. The SMILES string of the molecule is Cc1nc(C)c(NC(=O)Sc2ccc(Cl)cc2)cc1NC(=O)Sc1ccc(Cl)cc1. The Morgan fingerprint density at radius 3 is 1.47 bits per heavy atom. The van der Waals surface area contributed by atoms with Crippen molar-refractivity contribution in [3.8, 4) is 0 Å². The Kier molecular flexibility index (Phi) is 7.66. The number of halogens is 2. The number of anilines is 2. The molecule has 0 spiro atoms. The van der Waals surface area contributed by atoms with E-state index in [1.54, 1.807) is 68.4 Å². The van der Waals surface area contributed by atoms with Crippen LogP contribution in [0.4, 0.5) is 21.0 Å². The number of rotatable bonds is 4. The van der Waals surface area contributed by atoms with Crippen molar-refractivity contribution in [3.63, 3.8) is 0 Å². The van der Waals surface area contributed by atoms with E-state index >= 15 is 0 Å². The van der Waals surface area contributed by atoms with Crippen LogP contribution in [0.5, 0.6) is 0 Å². The summed E-state index contributed by atoms with van der Waals surface area (Å²) in [4.78, 5) is 30.8. The maximum Gasteiger partial charge on any atom is 0.288 e. The largest absolute Gasteiger partial charge is 0.315 e. The molecule has 3 rings (SSSR count). The summed E-state index contributed by atoms with van der Waals surface area (Å²) in [6, 6.07) is 15.7. The normalized spacial score (nSPS) is 10.5. The van der Waals surface area contributed by atoms with Crippen molar-refractivity contribution in [1.29, 1.82) is 0 Å². The average molecular weight is 478 g/mol. The third-order valence-corrected chi connectivity index (χ3v) is 6.02. The fourth-order valence-electron chi connectivity index (χ4n) is 2.47. The average Bonchev–Trinajstić information content (AvgIpc) is 2.69. The molecule has 1 aromatic heterocycles. The molecule has 2 amide bonds. The lowest BCUT2D eigenvalue weighted by Crippen LogP contribution is -2.11. The van der Waals surface area contributed by atoms with Crippen LogP contribution in [0.2, 0.25) is 10.0 Å². The van der Waals surface area contributed by atoms with Crippen molar-refractivity contribution >= 4 is 68.6 Å². The first-order chi connectivity index (χ1) is 14.3. The summed E-state index contributed by atoms with van der Waals surface area (Å²) in [7, 11) is 0. The second-order valence-electron chi connectivity index (χ2n) is 6.19. The third kappa shape index (κ3) is 6.40. The van der Waals surface area contributed by atoms with E-state index in [1.165, 1.54) is 0 Å². The number of aromatic nitrogens is 1. The number of pyridine rings is 1. The molecule has 154 valence electrons. The van der Waals surface area contributed by atoms with Crippen LogP contribution in [0.15, 0.2) is 64.4 Å². The smallest absolute Gasteiger partial charge is 0.288 e. The molecule has 1 heterocycles. The lowest BCUT2D eigenvalue weighted by atomic mass is 10.2. The van der Waals surface area contributed by atoms with E-state index in [9.17, 15) is 9.59 Å². The summed E-state index contributed by atoms with van der Waals surface area (Å²) in [5.41, 5.74) is 2.36. The van der Waals surface area contributed by atoms with Crippen molar-refractivity contribution in [2.75, 3.05) is 10.6 Å². The number of aryl methyl sites for hydroxylation is 2. The van der Waals surface area contributed by atoms with Crippen LogP contribution in [-0.2, 0) is 0 Å². The van der Waals surface area contributed by atoms with E-state index in [4.69, 9.17) is 23.2 Å². The lowest BCUT2D eigenvalue weighted by Gasteiger charge is -2.13. The standard InChI is InChI=1S/C21H17Cl2N3O2S2/c1-12-18(25-20(27)29-16-7-3-14(22)4-8-16)11-19(13(2)24-12)26-21(28)30-17-9-5-15(23)6-10-17/h3-11H,1-2H3,(H,25,27)(H,26,28). The molecule has 0 radical (unpaired) electrons. The molecule has 0 saturated heterocycles. The Balaban J connectivity index is 1.68. The highest BCUT2D eigenvalue weighted by Crippen LogP contribution is 2.28. The maximum atomic E-state index is 12.4. The van der Waals surface area contributed by atoms with Gasteiger partial charge >= 0.3 is 0 Å². The molecule has 2 aromatic carbocycles. The first-order valence-corrected chi connectivity index (χ1v) is 11.2. The molecule has 0 bridgehead atoms. The second-order valence-corrected chi connectivity index (χ2v) is 9.16. The molecule has 9 heteroatoms. The van der Waals surface area contributed by atoms with Gasteiger partial charge in [-0.2, -0.15) is 0 Å². The minimum atomic E-state index is -0.265. The van der Waals surface area contributed by atoms with E-state index in [0.717, 1.165) is 33.3 Å². The van der Waals surface area contributed by atoms with Crippen molar-refractivity contribution in [3.05, 3.63) is 76.0 Å². The molecule has 0 aliphatic carbocycles. The topological polar surface area (TPSA) is 71.1 Å². The van der Waals surface area contributed by atoms with Crippen LogP contribution in [-0.4, -0.2) is 15.5 Å². The summed E-state index contributed by atoms with van der Waals surface area (Å²) in [6.07, 6.45) is 0. The number of benzene rings is 2. The highest BCUT2D eigenvalue weighted by molar-refractivity contribution is 8.14. The molecule has 0 fully saturated rings. The minimum Gasteiger partial charge on any atom is -0.315 e. The second kappa shape index (κ2) is 10.2. The molecular formula is C21H17Cl2N3O2S2. The predicted octanol–water partition coefficient (Wildman–Crippen LogP) is 7.65. The van der Waals surface area contributed by atoms with Crippen molar-refractivity contribution in [1.82, 2.24) is 4.98 Å². The zero-order chi connectivity index (χ0) is 21.7. The van der Waals surface area contributed by atoms with Gasteiger partial charge in [0.2, 0.25) is 0 Å². The molecule has 0 saturated carbocycles. The van der Waals surface area contributed by atoms with Gasteiger partial charge in [0.25, 0.3) is 10.5 Å². The highest BCUT2D eigenvalue weighted by atomic mass is 35.5. The number of nitrogens with zero attached hydrogens (tertiary/aromatic N) is 1. The molecule has 2 N–H and O–H groups in total. The van der Waals surface area contributed by atoms with Gasteiger partial charge < -0.3 is 10.6 Å². The van der Waals surface area contributed by atoms with E-state index < -0.39 is 0 Å². The summed E-state index contributed by atoms with van der Waals surface area (Å²) in [5.74, 6) is 0. The molecule has 0 unspecified atom stereocenters. The summed E-state index contributed by atoms with van der Waals surface area (Å²) >= 11 is 13.8. The van der Waals surface area contributed by atoms with Crippen molar-refractivity contribution in [2.45, 2.75) is 23.6 Å². The zero-order valence-electron chi connectivity index (χ0n) is 16.0. The first-order valence-electron chi connectivity index (χ1n) is 8.77. The zero-order valence-corrected chi connectivity index (χ0v) is 19.2. The number of hydrogen-bond acceptors (Lipinski definition) is 5. The fraction of sp³-hybridized carbons (Fsp3) is 0.0952. The first kappa shape index (κ1) is 22.5. The lowest BCUT2D eigenvalue weighted by molar-refractivity contribution is 0.269. The Morgan fingerprint density at radius 1 is 0.733 bits per heavy atom. The third-order valence-electron chi connectivity index (χ3n) is 3.93. The molecular weight excluding hydrogens is 461 g/mol. The quantitative estimate of drug-likeness (QED) is 0.377. The number of amides is 2. The van der Waals surface area contributed by atoms with Crippen LogP contribution in [0.3, 0.4) is 0 Å². The van der Waals surface area contributed by atoms with Crippen LogP contribution in [0.25, 0.3) is 0 Å². The summed E-state index contributed by atoms with van der Waals surface area (Å²) in [5, 5.41) is 6.34. The van der Waals surface area contributed by atoms with Gasteiger partial charge in [-0.25, -0.2) is 0 Å².